The van der Waals surface area contributed by atoms with Gasteiger partial charge in [0.15, 0.2) is 5.82 Å². The van der Waals surface area contributed by atoms with Gasteiger partial charge in [-0.1, -0.05) is 182 Å². The molecule has 0 saturated carbocycles. The van der Waals surface area contributed by atoms with Gasteiger partial charge in [0.05, 0.1) is 0 Å². The first-order valence-corrected chi connectivity index (χ1v) is 19.8. The van der Waals surface area contributed by atoms with Gasteiger partial charge in [0, 0.05) is 23.5 Å². The topological polar surface area (TPSA) is 25.8 Å². The Morgan fingerprint density at radius 1 is 0.241 bits per heavy atom. The van der Waals surface area contributed by atoms with Crippen molar-refractivity contribution >= 4 is 43.1 Å². The molecule has 0 bridgehead atoms. The predicted molar refractivity (Wildman–Crippen MR) is 245 cm³/mol. The monoisotopic (exact) mass is 736 g/mol. The molecule has 0 aliphatic carbocycles. The number of benzene rings is 10. The SMILES string of the molecule is c1ccc(-c2cc(-c3cnc(-c4ccc(-c5c6ccccc6c(-c6cccc7ccccc67)c6ccccc56)cc4)nc3)cc(-c3ccc4ccccc4c3)c2)cc1. The molecule has 2 nitrogen and oxygen atoms in total. The average Bonchev–Trinajstić information content (AvgIpc) is 3.31. The molecule has 58 heavy (non-hydrogen) atoms. The maximum atomic E-state index is 4.93. The normalized spacial score (nSPS) is 11.4. The van der Waals surface area contributed by atoms with Crippen LogP contribution in [0.1, 0.15) is 0 Å². The standard InChI is InChI=1S/C56H36N2/c1-2-13-37(14-3-1)44-32-45(43-30-25-38-15-4-5-17-42(38)31-43)34-46(33-44)47-35-57-56(58-36-47)41-28-26-40(27-29-41)54-50-20-8-10-22-52(50)55(53-23-11-9-21-51(53)54)49-24-12-18-39-16-6-7-19-48(39)49/h1-36H. The third-order valence-electron chi connectivity index (χ3n) is 11.5. The van der Waals surface area contributed by atoms with E-state index >= 15 is 0 Å². The molecule has 2 heteroatoms. The summed E-state index contributed by atoms with van der Waals surface area (Å²) in [6.07, 6.45) is 3.91. The van der Waals surface area contributed by atoms with E-state index in [1.165, 1.54) is 70.9 Å². The highest BCUT2D eigenvalue weighted by molar-refractivity contribution is 6.23. The molecule has 0 spiro atoms. The van der Waals surface area contributed by atoms with Crippen LogP contribution in [0.4, 0.5) is 0 Å². The van der Waals surface area contributed by atoms with Crippen molar-refractivity contribution in [1.29, 1.82) is 0 Å². The van der Waals surface area contributed by atoms with Gasteiger partial charge in [-0.3, -0.25) is 0 Å². The highest BCUT2D eigenvalue weighted by atomic mass is 14.9. The molecule has 0 fully saturated rings. The van der Waals surface area contributed by atoms with Crippen LogP contribution in [-0.2, 0) is 0 Å². The molecule has 0 unspecified atom stereocenters. The number of hydrogen-bond acceptors (Lipinski definition) is 2. The number of aromatic nitrogens is 2. The fourth-order valence-electron chi connectivity index (χ4n) is 8.71. The Hall–Kier alpha value is -7.68. The van der Waals surface area contributed by atoms with E-state index in [1.54, 1.807) is 0 Å². The quantitative estimate of drug-likeness (QED) is 0.159. The first kappa shape index (κ1) is 33.6. The molecule has 11 rings (SSSR count). The van der Waals surface area contributed by atoms with Gasteiger partial charge in [-0.05, 0) is 117 Å². The van der Waals surface area contributed by atoms with Crippen molar-refractivity contribution in [2.45, 2.75) is 0 Å². The van der Waals surface area contributed by atoms with Crippen LogP contribution in [0, 0.1) is 0 Å². The summed E-state index contributed by atoms with van der Waals surface area (Å²) >= 11 is 0. The Labute approximate surface area is 337 Å². The van der Waals surface area contributed by atoms with Gasteiger partial charge in [0.1, 0.15) is 0 Å². The minimum absolute atomic E-state index is 0.699. The molecular formula is C56H36N2. The zero-order valence-corrected chi connectivity index (χ0v) is 31.7. The highest BCUT2D eigenvalue weighted by Gasteiger charge is 2.18. The summed E-state index contributed by atoms with van der Waals surface area (Å²) < 4.78 is 0. The average molecular weight is 737 g/mol. The number of fused-ring (bicyclic) bond motifs is 4. The van der Waals surface area contributed by atoms with E-state index in [-0.39, 0.29) is 0 Å². The second kappa shape index (κ2) is 14.1. The summed E-state index contributed by atoms with van der Waals surface area (Å²) in [5, 5.41) is 9.93. The van der Waals surface area contributed by atoms with E-state index in [0.717, 1.165) is 33.4 Å². The molecule has 10 aromatic carbocycles. The Morgan fingerprint density at radius 3 is 1.40 bits per heavy atom. The molecule has 0 N–H and O–H groups in total. The lowest BCUT2D eigenvalue weighted by molar-refractivity contribution is 1.18. The van der Waals surface area contributed by atoms with Crippen LogP contribution in [0.5, 0.6) is 0 Å². The lowest BCUT2D eigenvalue weighted by Gasteiger charge is -2.19. The second-order valence-electron chi connectivity index (χ2n) is 15.0. The number of rotatable bonds is 6. The molecule has 0 radical (unpaired) electrons. The van der Waals surface area contributed by atoms with Crippen LogP contribution in [0.25, 0.3) is 110 Å². The zero-order valence-electron chi connectivity index (χ0n) is 31.7. The second-order valence-corrected chi connectivity index (χ2v) is 15.0. The summed E-state index contributed by atoms with van der Waals surface area (Å²) in [4.78, 5) is 9.86. The van der Waals surface area contributed by atoms with Crippen molar-refractivity contribution in [3.8, 4) is 67.0 Å². The van der Waals surface area contributed by atoms with Crippen LogP contribution >= 0.6 is 0 Å². The maximum Gasteiger partial charge on any atom is 0.159 e. The van der Waals surface area contributed by atoms with E-state index in [9.17, 15) is 0 Å². The van der Waals surface area contributed by atoms with Crippen molar-refractivity contribution in [3.05, 3.63) is 219 Å². The summed E-state index contributed by atoms with van der Waals surface area (Å²) in [5.74, 6) is 0.699. The number of hydrogen-bond donors (Lipinski definition) is 0. The van der Waals surface area contributed by atoms with Crippen molar-refractivity contribution < 1.29 is 0 Å². The largest absolute Gasteiger partial charge is 0.236 e. The Kier molecular flexibility index (Phi) is 8.19. The lowest BCUT2D eigenvalue weighted by Crippen LogP contribution is -1.93. The zero-order chi connectivity index (χ0) is 38.4. The summed E-state index contributed by atoms with van der Waals surface area (Å²) in [6, 6.07) is 74.3. The Morgan fingerprint density at radius 2 is 0.724 bits per heavy atom. The maximum absolute atomic E-state index is 4.93. The van der Waals surface area contributed by atoms with E-state index < -0.39 is 0 Å². The third-order valence-corrected chi connectivity index (χ3v) is 11.5. The van der Waals surface area contributed by atoms with Crippen LogP contribution in [0.3, 0.4) is 0 Å². The molecular weight excluding hydrogens is 701 g/mol. The van der Waals surface area contributed by atoms with Gasteiger partial charge in [-0.25, -0.2) is 9.97 Å². The summed E-state index contributed by atoms with van der Waals surface area (Å²) in [6.45, 7) is 0. The minimum atomic E-state index is 0.699. The Balaban J connectivity index is 0.972. The molecule has 1 aromatic heterocycles. The summed E-state index contributed by atoms with van der Waals surface area (Å²) in [7, 11) is 0. The minimum Gasteiger partial charge on any atom is -0.236 e. The van der Waals surface area contributed by atoms with Gasteiger partial charge in [0.25, 0.3) is 0 Å². The van der Waals surface area contributed by atoms with Crippen LogP contribution in [0.15, 0.2) is 219 Å². The van der Waals surface area contributed by atoms with Gasteiger partial charge >= 0.3 is 0 Å². The van der Waals surface area contributed by atoms with Crippen molar-refractivity contribution in [2.24, 2.45) is 0 Å². The van der Waals surface area contributed by atoms with Gasteiger partial charge in [0.2, 0.25) is 0 Å². The van der Waals surface area contributed by atoms with E-state index in [2.05, 4.69) is 206 Å². The highest BCUT2D eigenvalue weighted by Crippen LogP contribution is 2.45. The van der Waals surface area contributed by atoms with E-state index in [1.807, 2.05) is 12.4 Å². The molecule has 270 valence electrons. The third kappa shape index (κ3) is 5.91. The van der Waals surface area contributed by atoms with Crippen LogP contribution < -0.4 is 0 Å². The van der Waals surface area contributed by atoms with Crippen LogP contribution in [-0.4, -0.2) is 9.97 Å². The fourth-order valence-corrected chi connectivity index (χ4v) is 8.71. The van der Waals surface area contributed by atoms with Crippen molar-refractivity contribution in [2.75, 3.05) is 0 Å². The van der Waals surface area contributed by atoms with E-state index in [4.69, 9.17) is 9.97 Å². The predicted octanol–water partition coefficient (Wildman–Crippen LogP) is 15.1. The molecule has 0 aliphatic rings. The van der Waals surface area contributed by atoms with Crippen LogP contribution in [0.2, 0.25) is 0 Å². The van der Waals surface area contributed by atoms with Gasteiger partial charge in [-0.15, -0.1) is 0 Å². The first-order chi connectivity index (χ1) is 28.7. The van der Waals surface area contributed by atoms with Crippen molar-refractivity contribution in [3.63, 3.8) is 0 Å². The first-order valence-electron chi connectivity index (χ1n) is 19.8. The molecule has 1 heterocycles. The molecule has 0 amide bonds. The van der Waals surface area contributed by atoms with Crippen molar-refractivity contribution in [1.82, 2.24) is 9.97 Å². The smallest absolute Gasteiger partial charge is 0.159 e. The molecule has 0 atom stereocenters. The number of nitrogens with zero attached hydrogens (tertiary/aromatic N) is 2. The molecule has 0 aliphatic heterocycles. The fraction of sp³-hybridized carbons (Fsp3) is 0. The molecule has 0 saturated heterocycles. The molecule has 11 aromatic rings. The Bertz CT molecular complexity index is 3250. The lowest BCUT2D eigenvalue weighted by atomic mass is 9.84. The summed E-state index contributed by atoms with van der Waals surface area (Å²) in [5.41, 5.74) is 12.6. The van der Waals surface area contributed by atoms with Gasteiger partial charge < -0.3 is 0 Å². The van der Waals surface area contributed by atoms with E-state index in [0.29, 0.717) is 5.82 Å². The van der Waals surface area contributed by atoms with Gasteiger partial charge in [-0.2, -0.15) is 0 Å².